The van der Waals surface area contributed by atoms with E-state index >= 15 is 0 Å². The largest absolute Gasteiger partial charge is 0.493 e. The highest BCUT2D eigenvalue weighted by atomic mass is 79.9. The first kappa shape index (κ1) is 15.9. The van der Waals surface area contributed by atoms with Crippen LogP contribution in [0.15, 0.2) is 53.0 Å². The molecular weight excluding hydrogens is 330 g/mol. The second kappa shape index (κ2) is 8.70. The standard InChI is InChI=1S/C17H20BrNO2/c1-19-13-14-12-15(18)8-9-17(14)21-11-5-10-20-16-6-3-2-4-7-16/h2-4,6-9,12,19H,5,10-11,13H2,1H3. The van der Waals surface area contributed by atoms with Gasteiger partial charge >= 0.3 is 0 Å². The van der Waals surface area contributed by atoms with Crippen molar-refractivity contribution in [3.8, 4) is 11.5 Å². The summed E-state index contributed by atoms with van der Waals surface area (Å²) in [5.41, 5.74) is 1.15. The van der Waals surface area contributed by atoms with Crippen LogP contribution < -0.4 is 14.8 Å². The van der Waals surface area contributed by atoms with Crippen LogP contribution in [0.5, 0.6) is 11.5 Å². The molecule has 2 rings (SSSR count). The Labute approximate surface area is 134 Å². The molecule has 0 aliphatic carbocycles. The van der Waals surface area contributed by atoms with Crippen molar-refractivity contribution in [3.63, 3.8) is 0 Å². The maximum absolute atomic E-state index is 5.84. The highest BCUT2D eigenvalue weighted by Crippen LogP contribution is 2.23. The molecule has 0 atom stereocenters. The van der Waals surface area contributed by atoms with E-state index in [0.29, 0.717) is 13.2 Å². The van der Waals surface area contributed by atoms with Gasteiger partial charge in [-0.1, -0.05) is 34.1 Å². The van der Waals surface area contributed by atoms with Crippen LogP contribution >= 0.6 is 15.9 Å². The molecule has 0 fully saturated rings. The summed E-state index contributed by atoms with van der Waals surface area (Å²) in [6.45, 7) is 2.09. The Hall–Kier alpha value is -1.52. The number of para-hydroxylation sites is 1. The Kier molecular flexibility index (Phi) is 6.57. The molecule has 0 heterocycles. The van der Waals surface area contributed by atoms with Crippen LogP contribution in [0, 0.1) is 0 Å². The molecule has 0 radical (unpaired) electrons. The Balaban J connectivity index is 1.75. The van der Waals surface area contributed by atoms with Crippen molar-refractivity contribution in [1.29, 1.82) is 0 Å². The Morgan fingerprint density at radius 3 is 2.52 bits per heavy atom. The molecular formula is C17H20BrNO2. The number of hydrogen-bond acceptors (Lipinski definition) is 3. The first-order chi connectivity index (χ1) is 10.3. The summed E-state index contributed by atoms with van der Waals surface area (Å²) in [6, 6.07) is 15.9. The van der Waals surface area contributed by atoms with Crippen LogP contribution in [0.3, 0.4) is 0 Å². The third-order valence-corrected chi connectivity index (χ3v) is 3.44. The van der Waals surface area contributed by atoms with Crippen LogP contribution in [-0.4, -0.2) is 20.3 Å². The van der Waals surface area contributed by atoms with Gasteiger partial charge in [-0.2, -0.15) is 0 Å². The van der Waals surface area contributed by atoms with Crippen molar-refractivity contribution in [2.45, 2.75) is 13.0 Å². The van der Waals surface area contributed by atoms with Crippen molar-refractivity contribution < 1.29 is 9.47 Å². The fraction of sp³-hybridized carbons (Fsp3) is 0.294. The average molecular weight is 350 g/mol. The van der Waals surface area contributed by atoms with Crippen LogP contribution in [0.4, 0.5) is 0 Å². The highest BCUT2D eigenvalue weighted by Gasteiger charge is 2.04. The van der Waals surface area contributed by atoms with Gasteiger partial charge in [0.05, 0.1) is 13.2 Å². The summed E-state index contributed by atoms with van der Waals surface area (Å²) in [4.78, 5) is 0. The van der Waals surface area contributed by atoms with Crippen molar-refractivity contribution in [3.05, 3.63) is 58.6 Å². The molecule has 0 aliphatic heterocycles. The lowest BCUT2D eigenvalue weighted by atomic mass is 10.2. The van der Waals surface area contributed by atoms with Gasteiger partial charge in [-0.05, 0) is 37.4 Å². The summed E-state index contributed by atoms with van der Waals surface area (Å²) < 4.78 is 12.5. The maximum atomic E-state index is 5.84. The average Bonchev–Trinajstić information content (AvgIpc) is 2.50. The second-order valence-corrected chi connectivity index (χ2v) is 5.56. The molecule has 2 aromatic carbocycles. The lowest BCUT2D eigenvalue weighted by Crippen LogP contribution is -2.09. The molecule has 1 N–H and O–H groups in total. The first-order valence-electron chi connectivity index (χ1n) is 7.03. The van der Waals surface area contributed by atoms with E-state index in [1.807, 2.05) is 49.5 Å². The van der Waals surface area contributed by atoms with E-state index in [4.69, 9.17) is 9.47 Å². The molecule has 112 valence electrons. The van der Waals surface area contributed by atoms with Crippen molar-refractivity contribution in [1.82, 2.24) is 5.32 Å². The third-order valence-electron chi connectivity index (χ3n) is 2.95. The predicted octanol–water partition coefficient (Wildman–Crippen LogP) is 4.02. The van der Waals surface area contributed by atoms with Gasteiger partial charge in [0.2, 0.25) is 0 Å². The number of hydrogen-bond donors (Lipinski definition) is 1. The molecule has 2 aromatic rings. The molecule has 0 amide bonds. The normalized spacial score (nSPS) is 10.4. The van der Waals surface area contributed by atoms with E-state index in [-0.39, 0.29) is 0 Å². The minimum absolute atomic E-state index is 0.644. The molecule has 3 nitrogen and oxygen atoms in total. The summed E-state index contributed by atoms with van der Waals surface area (Å²) in [7, 11) is 1.93. The summed E-state index contributed by atoms with van der Waals surface area (Å²) in [5.74, 6) is 1.82. The molecule has 0 saturated heterocycles. The van der Waals surface area contributed by atoms with E-state index in [2.05, 4.69) is 27.3 Å². The number of halogens is 1. The number of benzene rings is 2. The zero-order valence-corrected chi connectivity index (χ0v) is 13.7. The predicted molar refractivity (Wildman–Crippen MR) is 89.0 cm³/mol. The highest BCUT2D eigenvalue weighted by molar-refractivity contribution is 9.10. The molecule has 0 spiro atoms. The smallest absolute Gasteiger partial charge is 0.123 e. The van der Waals surface area contributed by atoms with Crippen molar-refractivity contribution >= 4 is 15.9 Å². The molecule has 0 bridgehead atoms. The van der Waals surface area contributed by atoms with Crippen molar-refractivity contribution in [2.75, 3.05) is 20.3 Å². The minimum Gasteiger partial charge on any atom is -0.493 e. The van der Waals surface area contributed by atoms with E-state index in [0.717, 1.165) is 34.5 Å². The molecule has 0 aromatic heterocycles. The minimum atomic E-state index is 0.644. The molecule has 21 heavy (non-hydrogen) atoms. The van der Waals surface area contributed by atoms with E-state index in [1.54, 1.807) is 0 Å². The van der Waals surface area contributed by atoms with E-state index in [9.17, 15) is 0 Å². The van der Waals surface area contributed by atoms with Crippen molar-refractivity contribution in [2.24, 2.45) is 0 Å². The van der Waals surface area contributed by atoms with Gasteiger partial charge in [0.15, 0.2) is 0 Å². The van der Waals surface area contributed by atoms with Gasteiger partial charge in [-0.25, -0.2) is 0 Å². The molecule has 0 saturated carbocycles. The van der Waals surface area contributed by atoms with Crippen LogP contribution in [0.1, 0.15) is 12.0 Å². The van der Waals surface area contributed by atoms with Crippen LogP contribution in [-0.2, 0) is 6.54 Å². The zero-order valence-electron chi connectivity index (χ0n) is 12.1. The summed E-state index contributed by atoms with van der Waals surface area (Å²) in [6.07, 6.45) is 0.851. The lowest BCUT2D eigenvalue weighted by molar-refractivity contribution is 0.246. The van der Waals surface area contributed by atoms with Crippen LogP contribution in [0.2, 0.25) is 0 Å². The third kappa shape index (κ3) is 5.40. The maximum Gasteiger partial charge on any atom is 0.123 e. The Bertz CT molecular complexity index is 546. The monoisotopic (exact) mass is 349 g/mol. The molecule has 4 heteroatoms. The quantitative estimate of drug-likeness (QED) is 0.730. The lowest BCUT2D eigenvalue weighted by Gasteiger charge is -2.12. The number of rotatable bonds is 8. The molecule has 0 unspecified atom stereocenters. The fourth-order valence-corrected chi connectivity index (χ4v) is 2.37. The van der Waals surface area contributed by atoms with E-state index < -0.39 is 0 Å². The summed E-state index contributed by atoms with van der Waals surface area (Å²) in [5, 5.41) is 3.15. The van der Waals surface area contributed by atoms with Gasteiger partial charge in [0, 0.05) is 23.0 Å². The fourth-order valence-electron chi connectivity index (χ4n) is 1.97. The second-order valence-electron chi connectivity index (χ2n) is 4.65. The molecule has 0 aliphatic rings. The van der Waals surface area contributed by atoms with Gasteiger partial charge in [-0.15, -0.1) is 0 Å². The van der Waals surface area contributed by atoms with E-state index in [1.165, 1.54) is 0 Å². The first-order valence-corrected chi connectivity index (χ1v) is 7.82. The number of ether oxygens (including phenoxy) is 2. The van der Waals surface area contributed by atoms with Gasteiger partial charge in [0.25, 0.3) is 0 Å². The van der Waals surface area contributed by atoms with Crippen LogP contribution in [0.25, 0.3) is 0 Å². The summed E-state index contributed by atoms with van der Waals surface area (Å²) >= 11 is 3.48. The van der Waals surface area contributed by atoms with Gasteiger partial charge < -0.3 is 14.8 Å². The SMILES string of the molecule is CNCc1cc(Br)ccc1OCCCOc1ccccc1. The number of nitrogens with one attached hydrogen (secondary N) is 1. The zero-order chi connectivity index (χ0) is 14.9. The van der Waals surface area contributed by atoms with Gasteiger partial charge in [-0.3, -0.25) is 0 Å². The Morgan fingerprint density at radius 1 is 1.00 bits per heavy atom. The topological polar surface area (TPSA) is 30.5 Å². The Morgan fingerprint density at radius 2 is 1.76 bits per heavy atom. The van der Waals surface area contributed by atoms with Gasteiger partial charge in [0.1, 0.15) is 11.5 Å².